The second-order valence-electron chi connectivity index (χ2n) is 7.39. The molecule has 0 atom stereocenters. The number of nitrogens with zero attached hydrogens (tertiary/aromatic N) is 5. The molecule has 7 heteroatoms. The van der Waals surface area contributed by atoms with Gasteiger partial charge in [0.25, 0.3) is 0 Å². The summed E-state index contributed by atoms with van der Waals surface area (Å²) < 4.78 is 14.7. The van der Waals surface area contributed by atoms with Gasteiger partial charge in [-0.1, -0.05) is 12.1 Å². The molecule has 6 nitrogen and oxygen atoms in total. The van der Waals surface area contributed by atoms with Gasteiger partial charge in [0.2, 0.25) is 5.95 Å². The Morgan fingerprint density at radius 2 is 1.75 bits per heavy atom. The van der Waals surface area contributed by atoms with E-state index in [0.717, 1.165) is 27.9 Å². The predicted octanol–water partition coefficient (Wildman–Crippen LogP) is 5.21. The van der Waals surface area contributed by atoms with Crippen LogP contribution >= 0.6 is 0 Å². The summed E-state index contributed by atoms with van der Waals surface area (Å²) in [5.74, 6) is 0.0809. The van der Waals surface area contributed by atoms with E-state index >= 15 is 0 Å². The second-order valence-corrected chi connectivity index (χ2v) is 7.39. The van der Waals surface area contributed by atoms with Crippen LogP contribution in [0.15, 0.2) is 79.4 Å². The molecule has 0 bridgehead atoms. The second kappa shape index (κ2) is 8.47. The van der Waals surface area contributed by atoms with Crippen LogP contribution in [-0.4, -0.2) is 24.9 Å². The summed E-state index contributed by atoms with van der Waals surface area (Å²) in [6.45, 7) is 2.22. The van der Waals surface area contributed by atoms with Crippen LogP contribution in [0.5, 0.6) is 0 Å². The van der Waals surface area contributed by atoms with Crippen molar-refractivity contribution in [3.8, 4) is 22.5 Å². The number of benzene rings is 1. The first-order chi connectivity index (χ1) is 15.7. The minimum Gasteiger partial charge on any atom is -0.350 e. The number of aromatic nitrogens is 5. The number of aryl methyl sites for hydroxylation is 1. The summed E-state index contributed by atoms with van der Waals surface area (Å²) >= 11 is 0. The van der Waals surface area contributed by atoms with Gasteiger partial charge in [-0.25, -0.2) is 14.4 Å². The third-order valence-electron chi connectivity index (χ3n) is 5.07. The Kier molecular flexibility index (Phi) is 5.21. The Balaban J connectivity index is 1.33. The summed E-state index contributed by atoms with van der Waals surface area (Å²) in [4.78, 5) is 21.7. The highest BCUT2D eigenvalue weighted by molar-refractivity contribution is 5.83. The summed E-state index contributed by atoms with van der Waals surface area (Å²) in [5.41, 5.74) is 5.22. The molecule has 0 fully saturated rings. The number of fused-ring (bicyclic) bond motifs is 1. The van der Waals surface area contributed by atoms with E-state index in [9.17, 15) is 4.39 Å². The lowest BCUT2D eigenvalue weighted by atomic mass is 10.1. The van der Waals surface area contributed by atoms with E-state index in [4.69, 9.17) is 0 Å². The van der Waals surface area contributed by atoms with E-state index in [1.165, 1.54) is 6.07 Å². The van der Waals surface area contributed by atoms with E-state index in [2.05, 4.69) is 30.2 Å². The highest BCUT2D eigenvalue weighted by Gasteiger charge is 2.09. The van der Waals surface area contributed by atoms with Gasteiger partial charge in [0, 0.05) is 53.5 Å². The predicted molar refractivity (Wildman–Crippen MR) is 122 cm³/mol. The van der Waals surface area contributed by atoms with Gasteiger partial charge >= 0.3 is 0 Å². The summed E-state index contributed by atoms with van der Waals surface area (Å²) in [7, 11) is 0. The monoisotopic (exact) mass is 422 g/mol. The Hall–Kier alpha value is -4.26. The van der Waals surface area contributed by atoms with Crippen molar-refractivity contribution in [2.24, 2.45) is 0 Å². The molecule has 0 saturated heterocycles. The number of anilines is 1. The quantitative estimate of drug-likeness (QED) is 0.419. The highest BCUT2D eigenvalue weighted by Crippen LogP contribution is 2.23. The van der Waals surface area contributed by atoms with E-state index in [1.54, 1.807) is 30.9 Å². The first-order valence-corrected chi connectivity index (χ1v) is 10.2. The average molecular weight is 422 g/mol. The number of pyridine rings is 3. The van der Waals surface area contributed by atoms with Crippen molar-refractivity contribution in [1.29, 1.82) is 0 Å². The van der Waals surface area contributed by atoms with Crippen molar-refractivity contribution in [2.45, 2.75) is 13.5 Å². The number of hydrogen-bond acceptors (Lipinski definition) is 6. The highest BCUT2D eigenvalue weighted by atomic mass is 19.1. The van der Waals surface area contributed by atoms with Gasteiger partial charge in [0.15, 0.2) is 0 Å². The standard InChI is InChI=1S/C25H19FN6/c1-16-11-20(6-9-27-16)24-21(26)12-17(14-30-24)15-31-25-29-10-7-23(32-25)19-4-5-22-18(13-19)3-2-8-28-22/h2-14H,15H2,1H3,(H,29,31,32). The Bertz CT molecular complexity index is 1420. The molecular weight excluding hydrogens is 403 g/mol. The van der Waals surface area contributed by atoms with E-state index in [0.29, 0.717) is 29.3 Å². The maximum atomic E-state index is 14.7. The fourth-order valence-electron chi connectivity index (χ4n) is 3.50. The molecule has 0 aliphatic carbocycles. The van der Waals surface area contributed by atoms with E-state index < -0.39 is 0 Å². The minimum atomic E-state index is -0.380. The normalized spacial score (nSPS) is 10.9. The van der Waals surface area contributed by atoms with Crippen molar-refractivity contribution in [2.75, 3.05) is 5.32 Å². The Labute approximate surface area is 184 Å². The zero-order valence-corrected chi connectivity index (χ0v) is 17.3. The van der Waals surface area contributed by atoms with Crippen LogP contribution in [0.2, 0.25) is 0 Å². The van der Waals surface area contributed by atoms with Crippen molar-refractivity contribution in [3.05, 3.63) is 96.5 Å². The molecule has 1 N–H and O–H groups in total. The summed E-state index contributed by atoms with van der Waals surface area (Å²) in [5, 5.41) is 4.20. The van der Waals surface area contributed by atoms with Gasteiger partial charge in [0.1, 0.15) is 11.5 Å². The van der Waals surface area contributed by atoms with Crippen LogP contribution in [0, 0.1) is 12.7 Å². The van der Waals surface area contributed by atoms with Crippen LogP contribution in [0.1, 0.15) is 11.3 Å². The van der Waals surface area contributed by atoms with Crippen molar-refractivity contribution >= 4 is 16.9 Å². The van der Waals surface area contributed by atoms with Crippen LogP contribution in [0.4, 0.5) is 10.3 Å². The number of rotatable bonds is 5. The van der Waals surface area contributed by atoms with Crippen LogP contribution < -0.4 is 5.32 Å². The SMILES string of the molecule is Cc1cc(-c2ncc(CNc3nccc(-c4ccc5ncccc5c4)n3)cc2F)ccn1. The first-order valence-electron chi connectivity index (χ1n) is 10.2. The van der Waals surface area contributed by atoms with Gasteiger partial charge in [-0.15, -0.1) is 0 Å². The maximum absolute atomic E-state index is 14.7. The smallest absolute Gasteiger partial charge is 0.223 e. The van der Waals surface area contributed by atoms with Gasteiger partial charge < -0.3 is 5.32 Å². The van der Waals surface area contributed by atoms with Crippen molar-refractivity contribution in [1.82, 2.24) is 24.9 Å². The number of hydrogen-bond donors (Lipinski definition) is 1. The molecule has 5 rings (SSSR count). The molecule has 0 unspecified atom stereocenters. The Morgan fingerprint density at radius 1 is 0.844 bits per heavy atom. The largest absolute Gasteiger partial charge is 0.350 e. The minimum absolute atomic E-state index is 0.309. The average Bonchev–Trinajstić information content (AvgIpc) is 2.83. The lowest BCUT2D eigenvalue weighted by Crippen LogP contribution is -2.05. The third kappa shape index (κ3) is 4.13. The zero-order chi connectivity index (χ0) is 21.9. The molecule has 32 heavy (non-hydrogen) atoms. The molecule has 0 amide bonds. The van der Waals surface area contributed by atoms with Crippen LogP contribution in [0.25, 0.3) is 33.4 Å². The Morgan fingerprint density at radius 3 is 2.62 bits per heavy atom. The molecule has 0 spiro atoms. The zero-order valence-electron chi connectivity index (χ0n) is 17.3. The topological polar surface area (TPSA) is 76.5 Å². The van der Waals surface area contributed by atoms with Crippen molar-refractivity contribution in [3.63, 3.8) is 0 Å². The molecule has 0 radical (unpaired) electrons. The fourth-order valence-corrected chi connectivity index (χ4v) is 3.50. The summed E-state index contributed by atoms with van der Waals surface area (Å²) in [6, 6.07) is 16.8. The molecule has 0 aliphatic rings. The molecule has 156 valence electrons. The van der Waals surface area contributed by atoms with Gasteiger partial charge in [0.05, 0.1) is 11.2 Å². The van der Waals surface area contributed by atoms with Crippen LogP contribution in [-0.2, 0) is 6.54 Å². The third-order valence-corrected chi connectivity index (χ3v) is 5.07. The molecule has 4 heterocycles. The molecule has 0 saturated carbocycles. The molecule has 5 aromatic rings. The molecule has 0 aliphatic heterocycles. The number of halogens is 1. The lowest BCUT2D eigenvalue weighted by Gasteiger charge is -2.09. The first kappa shape index (κ1) is 19.7. The van der Waals surface area contributed by atoms with Gasteiger partial charge in [-0.3, -0.25) is 15.0 Å². The van der Waals surface area contributed by atoms with Crippen molar-refractivity contribution < 1.29 is 4.39 Å². The summed E-state index contributed by atoms with van der Waals surface area (Å²) in [6.07, 6.45) is 6.78. The lowest BCUT2D eigenvalue weighted by molar-refractivity contribution is 0.623. The molecule has 4 aromatic heterocycles. The molecular formula is C25H19FN6. The van der Waals surface area contributed by atoms with E-state index in [1.807, 2.05) is 49.4 Å². The number of nitrogens with one attached hydrogen (secondary N) is 1. The fraction of sp³-hybridized carbons (Fsp3) is 0.0800. The van der Waals surface area contributed by atoms with Gasteiger partial charge in [-0.05, 0) is 55.0 Å². The maximum Gasteiger partial charge on any atom is 0.223 e. The van der Waals surface area contributed by atoms with E-state index in [-0.39, 0.29) is 5.82 Å². The van der Waals surface area contributed by atoms with Crippen LogP contribution in [0.3, 0.4) is 0 Å². The van der Waals surface area contributed by atoms with Gasteiger partial charge in [-0.2, -0.15) is 0 Å². The molecule has 1 aromatic carbocycles.